The minimum atomic E-state index is -1.85. The Bertz CT molecular complexity index is 184. The molecule has 0 spiro atoms. The Labute approximate surface area is 73.3 Å². The van der Waals surface area contributed by atoms with Crippen LogP contribution in [-0.4, -0.2) is 17.3 Å². The van der Waals surface area contributed by atoms with E-state index in [-0.39, 0.29) is 0 Å². The van der Waals surface area contributed by atoms with Crippen molar-refractivity contribution in [2.45, 2.75) is 25.1 Å². The van der Waals surface area contributed by atoms with Gasteiger partial charge in [0, 0.05) is 0 Å². The standard InChI is InChI=1S/C7H9O3.Cu/c1-4(8)7(5(2)9)6(3)10;/h1-3H3;. The summed E-state index contributed by atoms with van der Waals surface area (Å²) in [5, 5.41) is 0. The fraction of sp³-hybridized carbons (Fsp3) is 0.571. The van der Waals surface area contributed by atoms with Gasteiger partial charge in [-0.15, -0.1) is 0 Å². The van der Waals surface area contributed by atoms with E-state index in [1.165, 1.54) is 0 Å². The van der Waals surface area contributed by atoms with Crippen LogP contribution in [0.5, 0.6) is 0 Å². The fourth-order valence-corrected chi connectivity index (χ4v) is 0.744. The van der Waals surface area contributed by atoms with Crippen LogP contribution in [0.25, 0.3) is 0 Å². The molecular weight excluding hydrogens is 196 g/mol. The van der Waals surface area contributed by atoms with E-state index < -0.39 is 21.7 Å². The summed E-state index contributed by atoms with van der Waals surface area (Å²) in [6, 6.07) is 0. The summed E-state index contributed by atoms with van der Waals surface area (Å²) in [6.07, 6.45) is 0. The van der Waals surface area contributed by atoms with Crippen molar-refractivity contribution in [1.29, 1.82) is 0 Å². The van der Waals surface area contributed by atoms with Crippen molar-refractivity contribution in [3.05, 3.63) is 0 Å². The summed E-state index contributed by atoms with van der Waals surface area (Å²) in [4.78, 5) is 32.4. The fourth-order valence-electron chi connectivity index (χ4n) is 0.744. The molecule has 0 aromatic rings. The van der Waals surface area contributed by atoms with Gasteiger partial charge in [-0.2, -0.15) is 0 Å². The van der Waals surface area contributed by atoms with Crippen LogP contribution < -0.4 is 0 Å². The van der Waals surface area contributed by atoms with Gasteiger partial charge in [0.05, 0.1) is 0 Å². The number of carbonyl (C=O) groups excluding carboxylic acids is 3. The molecule has 3 nitrogen and oxygen atoms in total. The zero-order valence-electron chi connectivity index (χ0n) is 6.53. The van der Waals surface area contributed by atoms with Crippen molar-refractivity contribution in [3.8, 4) is 0 Å². The molecule has 0 bridgehead atoms. The van der Waals surface area contributed by atoms with E-state index in [4.69, 9.17) is 16.0 Å². The van der Waals surface area contributed by atoms with Crippen molar-refractivity contribution in [1.82, 2.24) is 0 Å². The molecule has 11 heavy (non-hydrogen) atoms. The van der Waals surface area contributed by atoms with Crippen LogP contribution in [-0.2, 0) is 30.4 Å². The first-order valence-electron chi connectivity index (χ1n) is 3.01. The molecule has 0 rings (SSSR count). The molecule has 0 saturated carbocycles. The summed E-state index contributed by atoms with van der Waals surface area (Å²) in [6.45, 7) is 3.43. The predicted octanol–water partition coefficient (Wildman–Crippen LogP) is 0.459. The zero-order chi connectivity index (χ0) is 9.23. The van der Waals surface area contributed by atoms with Gasteiger partial charge in [-0.1, -0.05) is 0 Å². The van der Waals surface area contributed by atoms with E-state index in [1.54, 1.807) is 0 Å². The summed E-state index contributed by atoms with van der Waals surface area (Å²) in [5.41, 5.74) is 0. The molecule has 0 amide bonds. The van der Waals surface area contributed by atoms with Gasteiger partial charge in [-0.05, 0) is 0 Å². The maximum atomic E-state index is 10.8. The summed E-state index contributed by atoms with van der Waals surface area (Å²) in [5.74, 6) is -1.76. The predicted molar refractivity (Wildman–Crippen MR) is 34.7 cm³/mol. The molecule has 0 atom stereocenters. The number of carbonyl (C=O) groups is 3. The molecule has 66 valence electrons. The SMILES string of the molecule is CC(=O)[C]([Cu])(C(C)=O)C(C)=O. The number of hydrogen-bond acceptors (Lipinski definition) is 3. The minimum absolute atomic E-state index is 0.586. The Morgan fingerprint density at radius 2 is 1.09 bits per heavy atom. The van der Waals surface area contributed by atoms with E-state index >= 15 is 0 Å². The van der Waals surface area contributed by atoms with E-state index in [0.717, 1.165) is 20.8 Å². The van der Waals surface area contributed by atoms with E-state index in [1.807, 2.05) is 0 Å². The molecular formula is C7H9CuO3. The van der Waals surface area contributed by atoms with Crippen LogP contribution in [0.2, 0.25) is 4.31 Å². The quantitative estimate of drug-likeness (QED) is 0.496. The first kappa shape index (κ1) is 10.5. The van der Waals surface area contributed by atoms with Gasteiger partial charge in [0.15, 0.2) is 0 Å². The summed E-state index contributed by atoms with van der Waals surface area (Å²) >= 11 is 4.79. The van der Waals surface area contributed by atoms with Crippen LogP contribution in [0.1, 0.15) is 20.8 Å². The van der Waals surface area contributed by atoms with Crippen molar-refractivity contribution in [3.63, 3.8) is 0 Å². The third kappa shape index (κ3) is 1.76. The monoisotopic (exact) mass is 204 g/mol. The number of Topliss-reactive ketones (excluding diaryl/α,β-unsaturated/α-hetero) is 3. The Morgan fingerprint density at radius 3 is 1.09 bits per heavy atom. The number of hydrogen-bond donors (Lipinski definition) is 0. The van der Waals surface area contributed by atoms with Gasteiger partial charge >= 0.3 is 72.8 Å². The van der Waals surface area contributed by atoms with E-state index in [9.17, 15) is 14.4 Å². The second-order valence-electron chi connectivity index (χ2n) is 2.27. The summed E-state index contributed by atoms with van der Waals surface area (Å²) < 4.78 is -1.85. The van der Waals surface area contributed by atoms with Crippen molar-refractivity contribution < 1.29 is 30.4 Å². The van der Waals surface area contributed by atoms with Crippen LogP contribution in [0.4, 0.5) is 0 Å². The van der Waals surface area contributed by atoms with Gasteiger partial charge < -0.3 is 0 Å². The Kier molecular flexibility index (Phi) is 3.14. The molecule has 0 aliphatic heterocycles. The molecule has 0 saturated heterocycles. The van der Waals surface area contributed by atoms with Gasteiger partial charge in [-0.3, -0.25) is 0 Å². The number of ketones is 3. The van der Waals surface area contributed by atoms with Crippen molar-refractivity contribution in [2.75, 3.05) is 0 Å². The van der Waals surface area contributed by atoms with Crippen LogP contribution in [0, 0.1) is 0 Å². The average Bonchev–Trinajstić information content (AvgIpc) is 1.84. The topological polar surface area (TPSA) is 51.2 Å². The first-order chi connectivity index (χ1) is 4.83. The van der Waals surface area contributed by atoms with Crippen LogP contribution in [0.15, 0.2) is 0 Å². The zero-order valence-corrected chi connectivity index (χ0v) is 7.47. The Hall–Kier alpha value is -0.471. The number of rotatable bonds is 3. The molecule has 0 N–H and O–H groups in total. The third-order valence-electron chi connectivity index (χ3n) is 1.37. The average molecular weight is 205 g/mol. The molecule has 0 aromatic heterocycles. The third-order valence-corrected chi connectivity index (χ3v) is 2.37. The van der Waals surface area contributed by atoms with Crippen molar-refractivity contribution in [2.24, 2.45) is 0 Å². The second-order valence-corrected chi connectivity index (χ2v) is 2.98. The molecule has 0 aliphatic carbocycles. The molecule has 0 aromatic carbocycles. The van der Waals surface area contributed by atoms with Gasteiger partial charge in [0.25, 0.3) is 0 Å². The second kappa shape index (κ2) is 3.28. The molecule has 0 unspecified atom stereocenters. The van der Waals surface area contributed by atoms with Gasteiger partial charge in [-0.25, -0.2) is 0 Å². The molecule has 0 heterocycles. The van der Waals surface area contributed by atoms with Gasteiger partial charge in [0.1, 0.15) is 0 Å². The molecule has 0 radical (unpaired) electrons. The van der Waals surface area contributed by atoms with E-state index in [0.29, 0.717) is 0 Å². The van der Waals surface area contributed by atoms with Crippen LogP contribution in [0.3, 0.4) is 0 Å². The first-order valence-corrected chi connectivity index (χ1v) is 3.48. The maximum absolute atomic E-state index is 10.8. The molecule has 0 fully saturated rings. The normalized spacial score (nSPS) is 11.0. The Morgan fingerprint density at radius 1 is 0.909 bits per heavy atom. The molecule has 0 aliphatic rings. The van der Waals surface area contributed by atoms with Crippen molar-refractivity contribution >= 4 is 17.3 Å². The Balaban J connectivity index is 4.99. The van der Waals surface area contributed by atoms with E-state index in [2.05, 4.69) is 0 Å². The van der Waals surface area contributed by atoms with Crippen LogP contribution >= 0.6 is 0 Å². The molecule has 4 heteroatoms. The summed E-state index contributed by atoms with van der Waals surface area (Å²) in [7, 11) is 0. The van der Waals surface area contributed by atoms with Gasteiger partial charge in [0.2, 0.25) is 0 Å².